The Morgan fingerprint density at radius 3 is 2.17 bits per heavy atom. The van der Waals surface area contributed by atoms with Crippen LogP contribution in [-0.4, -0.2) is 57.1 Å². The van der Waals surface area contributed by atoms with E-state index in [1.165, 1.54) is 4.68 Å². The number of ether oxygens (including phenoxy) is 1. The maximum absolute atomic E-state index is 14.3. The zero-order chi connectivity index (χ0) is 33.6. The van der Waals surface area contributed by atoms with E-state index in [1.807, 2.05) is 85.9 Å². The molecule has 0 spiro atoms. The van der Waals surface area contributed by atoms with Crippen LogP contribution in [0.3, 0.4) is 0 Å². The topological polar surface area (TPSA) is 111 Å². The van der Waals surface area contributed by atoms with Gasteiger partial charge in [0.2, 0.25) is 0 Å². The summed E-state index contributed by atoms with van der Waals surface area (Å²) in [6.45, 7) is 9.88. The normalized spacial score (nSPS) is 12.3. The minimum atomic E-state index is -1.19. The number of nitrogens with one attached hydrogen (secondary N) is 1. The largest absolute Gasteiger partial charge is 0.507 e. The lowest BCUT2D eigenvalue weighted by Gasteiger charge is -2.28. The molecule has 2 N–H and O–H groups in total. The van der Waals surface area contributed by atoms with Crippen molar-refractivity contribution in [2.75, 3.05) is 6.61 Å². The van der Waals surface area contributed by atoms with Crippen LogP contribution >= 0.6 is 0 Å². The Morgan fingerprint density at radius 2 is 1.60 bits per heavy atom. The number of carbonyl (C=O) groups is 2. The molecule has 2 heterocycles. The molecule has 0 aliphatic carbocycles. The number of aromatic nitrogens is 4. The molecule has 47 heavy (non-hydrogen) atoms. The number of aryl methyl sites for hydroxylation is 2. The molecular weight excluding hydrogens is 607 g/mol. The maximum atomic E-state index is 14.3. The van der Waals surface area contributed by atoms with Gasteiger partial charge in [-0.15, -0.1) is 0 Å². The summed E-state index contributed by atoms with van der Waals surface area (Å²) in [5, 5.41) is 22.9. The average Bonchev–Trinajstić information content (AvgIpc) is 3.64. The first-order valence-corrected chi connectivity index (χ1v) is 19.6. The van der Waals surface area contributed by atoms with Gasteiger partial charge in [0.25, 0.3) is 5.91 Å². The fourth-order valence-electron chi connectivity index (χ4n) is 5.67. The maximum Gasteiger partial charge on any atom is 0.270 e. The van der Waals surface area contributed by atoms with Gasteiger partial charge in [0.15, 0.2) is 5.78 Å². The van der Waals surface area contributed by atoms with E-state index in [1.54, 1.807) is 30.1 Å². The van der Waals surface area contributed by atoms with Gasteiger partial charge in [0.1, 0.15) is 18.2 Å². The average molecular weight is 650 g/mol. The molecule has 244 valence electrons. The van der Waals surface area contributed by atoms with Gasteiger partial charge in [-0.05, 0) is 41.8 Å². The molecule has 9 nitrogen and oxygen atoms in total. The molecule has 5 rings (SSSR count). The Bertz CT molecular complexity index is 1770. The lowest BCUT2D eigenvalue weighted by molar-refractivity contribution is -0.120. The first kappa shape index (κ1) is 33.6. The predicted octanol–water partition coefficient (Wildman–Crippen LogP) is 6.35. The van der Waals surface area contributed by atoms with Crippen molar-refractivity contribution in [3.8, 4) is 16.9 Å². The van der Waals surface area contributed by atoms with Gasteiger partial charge < -0.3 is 15.2 Å². The summed E-state index contributed by atoms with van der Waals surface area (Å²) in [5.41, 5.74) is 4.97. The lowest BCUT2D eigenvalue weighted by atomic mass is 9.81. The number of hydrogen-bond donors (Lipinski definition) is 2. The summed E-state index contributed by atoms with van der Waals surface area (Å²) < 4.78 is 9.08. The third-order valence-corrected chi connectivity index (χ3v) is 9.94. The zero-order valence-corrected chi connectivity index (χ0v) is 28.7. The highest BCUT2D eigenvalue weighted by Crippen LogP contribution is 2.33. The minimum Gasteiger partial charge on any atom is -0.507 e. The van der Waals surface area contributed by atoms with E-state index >= 15 is 0 Å². The van der Waals surface area contributed by atoms with Crippen molar-refractivity contribution in [3.05, 3.63) is 125 Å². The number of ketones is 1. The van der Waals surface area contributed by atoms with Gasteiger partial charge >= 0.3 is 0 Å². The summed E-state index contributed by atoms with van der Waals surface area (Å²) in [7, 11) is 0.503. The molecule has 0 saturated heterocycles. The summed E-state index contributed by atoms with van der Waals surface area (Å²) in [6.07, 6.45) is 3.43. The van der Waals surface area contributed by atoms with Crippen LogP contribution in [0.1, 0.15) is 38.8 Å². The van der Waals surface area contributed by atoms with Crippen LogP contribution in [-0.2, 0) is 29.7 Å². The van der Waals surface area contributed by atoms with Gasteiger partial charge in [-0.1, -0.05) is 92.4 Å². The Kier molecular flexibility index (Phi) is 10.5. The lowest BCUT2D eigenvalue weighted by Crippen LogP contribution is -2.46. The molecule has 0 fully saturated rings. The number of phenols is 1. The molecule has 0 aliphatic heterocycles. The molecular formula is C37H43N5O4Si. The van der Waals surface area contributed by atoms with Crippen molar-refractivity contribution in [2.45, 2.75) is 57.7 Å². The van der Waals surface area contributed by atoms with Crippen LogP contribution in [0.4, 0.5) is 0 Å². The van der Waals surface area contributed by atoms with E-state index in [4.69, 9.17) is 4.74 Å². The summed E-state index contributed by atoms with van der Waals surface area (Å²) in [4.78, 5) is 27.8. The molecule has 1 atom stereocenters. The monoisotopic (exact) mass is 649 g/mol. The predicted molar refractivity (Wildman–Crippen MR) is 186 cm³/mol. The molecule has 0 unspecified atom stereocenters. The Morgan fingerprint density at radius 1 is 0.936 bits per heavy atom. The molecule has 1 amide bonds. The molecule has 10 heteroatoms. The third-order valence-electron chi connectivity index (χ3n) is 8.23. The van der Waals surface area contributed by atoms with Crippen molar-refractivity contribution < 1.29 is 19.4 Å². The van der Waals surface area contributed by atoms with E-state index in [0.717, 1.165) is 28.4 Å². The molecule has 0 saturated carbocycles. The quantitative estimate of drug-likeness (QED) is 0.107. The van der Waals surface area contributed by atoms with Crippen LogP contribution in [0.15, 0.2) is 97.3 Å². The number of phenolic OH excluding ortho intramolecular Hbond substituents is 1. The first-order valence-electron chi connectivity index (χ1n) is 15.9. The minimum absolute atomic E-state index is 0.00349. The van der Waals surface area contributed by atoms with Crippen LogP contribution in [0.5, 0.6) is 5.75 Å². The molecule has 0 radical (unpaired) electrons. The number of hydrogen-bond acceptors (Lipinski definition) is 6. The summed E-state index contributed by atoms with van der Waals surface area (Å²) >= 11 is 0. The number of Topliss-reactive ketones (excluding diaryl/α,β-unsaturated/α-hetero) is 1. The number of carbonyl (C=O) groups excluding carboxylic acids is 2. The SMILES string of the molecule is Cc1nn(COCC[Si](C)(C)C)cc1-c1ccc(CC(=O)[C@@H](NC(=O)c2ccnn2C)C(c2ccccc2)c2ccccc2)cc1O. The Labute approximate surface area is 277 Å². The van der Waals surface area contributed by atoms with Crippen LogP contribution in [0.2, 0.25) is 25.7 Å². The van der Waals surface area contributed by atoms with Crippen LogP contribution in [0, 0.1) is 6.92 Å². The first-order chi connectivity index (χ1) is 22.5. The van der Waals surface area contributed by atoms with Gasteiger partial charge in [0.05, 0.1) is 11.7 Å². The number of aromatic hydroxyl groups is 1. The van der Waals surface area contributed by atoms with Crippen molar-refractivity contribution >= 4 is 19.8 Å². The van der Waals surface area contributed by atoms with E-state index in [-0.39, 0.29) is 18.0 Å². The number of amides is 1. The van der Waals surface area contributed by atoms with E-state index < -0.39 is 25.9 Å². The van der Waals surface area contributed by atoms with Gasteiger partial charge in [-0.2, -0.15) is 10.2 Å². The second-order valence-electron chi connectivity index (χ2n) is 13.1. The number of benzene rings is 3. The van der Waals surface area contributed by atoms with E-state index in [2.05, 4.69) is 35.2 Å². The van der Waals surface area contributed by atoms with E-state index in [9.17, 15) is 14.7 Å². The van der Waals surface area contributed by atoms with Crippen molar-refractivity contribution in [1.82, 2.24) is 24.9 Å². The highest BCUT2D eigenvalue weighted by molar-refractivity contribution is 6.76. The fraction of sp³-hybridized carbons (Fsp3) is 0.297. The molecule has 0 aliphatic rings. The summed E-state index contributed by atoms with van der Waals surface area (Å²) in [6, 6.07) is 26.5. The summed E-state index contributed by atoms with van der Waals surface area (Å²) in [5.74, 6) is -0.979. The standard InChI is InChI=1S/C37H43N5O4Si/c1-26-31(24-42(40-26)25-46-20-21-47(3,4)5)30-17-16-27(22-33(30)43)23-34(44)36(39-37(45)32-18-19-38-41(32)2)35(28-12-8-6-9-13-28)29-14-10-7-11-15-29/h6-19,22,24,35-36,43H,20-21,23,25H2,1-5H3,(H,39,45)/t36-/m1/s1. The Balaban J connectivity index is 1.40. The van der Waals surface area contributed by atoms with Gasteiger partial charge in [0, 0.05) is 57.6 Å². The molecule has 0 bridgehead atoms. The van der Waals surface area contributed by atoms with E-state index in [0.29, 0.717) is 30.2 Å². The second kappa shape index (κ2) is 14.7. The van der Waals surface area contributed by atoms with Gasteiger partial charge in [-0.3, -0.25) is 14.3 Å². The number of rotatable bonds is 14. The molecule has 5 aromatic rings. The van der Waals surface area contributed by atoms with Crippen LogP contribution < -0.4 is 5.32 Å². The smallest absolute Gasteiger partial charge is 0.270 e. The molecule has 2 aromatic heterocycles. The fourth-order valence-corrected chi connectivity index (χ4v) is 6.43. The zero-order valence-electron chi connectivity index (χ0n) is 27.7. The Hall–Kier alpha value is -4.80. The third kappa shape index (κ3) is 8.52. The second-order valence-corrected chi connectivity index (χ2v) is 18.7. The number of nitrogens with zero attached hydrogens (tertiary/aromatic N) is 4. The highest BCUT2D eigenvalue weighted by atomic mass is 28.3. The van der Waals surface area contributed by atoms with Crippen LogP contribution in [0.25, 0.3) is 11.1 Å². The molecule has 3 aromatic carbocycles. The van der Waals surface area contributed by atoms with Crippen molar-refractivity contribution in [1.29, 1.82) is 0 Å². The van der Waals surface area contributed by atoms with Gasteiger partial charge in [-0.25, -0.2) is 4.68 Å². The van der Waals surface area contributed by atoms with Crippen molar-refractivity contribution in [2.24, 2.45) is 7.05 Å². The van der Waals surface area contributed by atoms with Crippen molar-refractivity contribution in [3.63, 3.8) is 0 Å². The highest BCUT2D eigenvalue weighted by Gasteiger charge is 2.33.